The van der Waals surface area contributed by atoms with Gasteiger partial charge in [0.2, 0.25) is 0 Å². The van der Waals surface area contributed by atoms with Crippen LogP contribution in [-0.2, 0) is 0 Å². The number of hydrogen-bond acceptors (Lipinski definition) is 4. The molecule has 0 fully saturated rings. The molecule has 0 aliphatic heterocycles. The van der Waals surface area contributed by atoms with E-state index in [9.17, 15) is 0 Å². The summed E-state index contributed by atoms with van der Waals surface area (Å²) < 4.78 is 5.61. The highest BCUT2D eigenvalue weighted by Crippen LogP contribution is 2.44. The van der Waals surface area contributed by atoms with Crippen LogP contribution in [0.15, 0.2) is 255 Å². The summed E-state index contributed by atoms with van der Waals surface area (Å²) in [5.41, 5.74) is 21.2. The first-order valence-corrected chi connectivity index (χ1v) is 22.8. The first-order chi connectivity index (χ1) is 33.7. The van der Waals surface area contributed by atoms with E-state index in [0.717, 1.165) is 117 Å². The molecule has 0 aliphatic rings. The van der Waals surface area contributed by atoms with Crippen molar-refractivity contribution < 1.29 is 4.74 Å². The summed E-state index contributed by atoms with van der Waals surface area (Å²) in [7, 11) is 1.69. The predicted octanol–water partition coefficient (Wildman–Crippen LogP) is 16.6. The first kappa shape index (κ1) is 41.7. The van der Waals surface area contributed by atoms with Crippen LogP contribution in [0.25, 0.3) is 112 Å². The molecule has 11 rings (SSSR count). The molecule has 0 saturated heterocycles. The van der Waals surface area contributed by atoms with Crippen LogP contribution in [0.1, 0.15) is 0 Å². The van der Waals surface area contributed by atoms with E-state index in [2.05, 4.69) is 182 Å². The Bertz CT molecular complexity index is 3370. The lowest BCUT2D eigenvalue weighted by Gasteiger charge is -2.19. The normalized spacial score (nSPS) is 11.0. The van der Waals surface area contributed by atoms with E-state index in [0.29, 0.717) is 0 Å². The van der Waals surface area contributed by atoms with Crippen LogP contribution in [0.4, 0.5) is 0 Å². The first-order valence-electron chi connectivity index (χ1n) is 22.8. The Kier molecular flexibility index (Phi) is 11.6. The monoisotopic (exact) mass is 871 g/mol. The van der Waals surface area contributed by atoms with E-state index in [1.54, 1.807) is 7.11 Å². The minimum absolute atomic E-state index is 0.791. The number of pyridine rings is 3. The van der Waals surface area contributed by atoms with Crippen LogP contribution >= 0.6 is 0 Å². The molecule has 3 heterocycles. The third kappa shape index (κ3) is 8.51. The molecule has 4 nitrogen and oxygen atoms in total. The van der Waals surface area contributed by atoms with Gasteiger partial charge in [0.25, 0.3) is 0 Å². The van der Waals surface area contributed by atoms with Crippen molar-refractivity contribution in [3.8, 4) is 117 Å². The molecule has 322 valence electrons. The number of rotatable bonds is 11. The maximum Gasteiger partial charge on any atom is 0.119 e. The van der Waals surface area contributed by atoms with Crippen molar-refractivity contribution >= 4 is 0 Å². The maximum atomic E-state index is 5.61. The number of benzene rings is 8. The van der Waals surface area contributed by atoms with Crippen molar-refractivity contribution in [1.29, 1.82) is 0 Å². The van der Waals surface area contributed by atoms with Gasteiger partial charge in [0.1, 0.15) is 5.75 Å². The highest BCUT2D eigenvalue weighted by molar-refractivity contribution is 5.97. The van der Waals surface area contributed by atoms with Gasteiger partial charge in [-0.05, 0) is 110 Å². The minimum Gasteiger partial charge on any atom is -0.497 e. The van der Waals surface area contributed by atoms with Crippen LogP contribution in [-0.4, -0.2) is 22.1 Å². The quantitative estimate of drug-likeness (QED) is 0.130. The van der Waals surface area contributed by atoms with Crippen molar-refractivity contribution in [1.82, 2.24) is 15.0 Å². The summed E-state index contributed by atoms with van der Waals surface area (Å²) in [6.07, 6.45) is 6.02. The Hall–Kier alpha value is -8.99. The summed E-state index contributed by atoms with van der Waals surface area (Å²) >= 11 is 0. The summed E-state index contributed by atoms with van der Waals surface area (Å²) in [4.78, 5) is 15.0. The maximum absolute atomic E-state index is 5.61. The second-order valence-corrected chi connectivity index (χ2v) is 16.7. The Balaban J connectivity index is 1.09. The summed E-state index contributed by atoms with van der Waals surface area (Å²) in [6.45, 7) is 0. The molecule has 68 heavy (non-hydrogen) atoms. The summed E-state index contributed by atoms with van der Waals surface area (Å²) in [6, 6.07) is 83.2. The fourth-order valence-electron chi connectivity index (χ4n) is 9.17. The van der Waals surface area contributed by atoms with Crippen molar-refractivity contribution in [2.75, 3.05) is 7.11 Å². The zero-order valence-electron chi connectivity index (χ0n) is 37.5. The molecule has 0 spiro atoms. The lowest BCUT2D eigenvalue weighted by molar-refractivity contribution is 0.415. The van der Waals surface area contributed by atoms with Crippen LogP contribution in [0.2, 0.25) is 0 Å². The lowest BCUT2D eigenvalue weighted by Crippen LogP contribution is -1.95. The van der Waals surface area contributed by atoms with E-state index in [4.69, 9.17) is 19.7 Å². The molecule has 8 aromatic carbocycles. The summed E-state index contributed by atoms with van der Waals surface area (Å²) in [5, 5.41) is 0. The van der Waals surface area contributed by atoms with Gasteiger partial charge in [0.05, 0.1) is 24.2 Å². The van der Waals surface area contributed by atoms with E-state index >= 15 is 0 Å². The van der Waals surface area contributed by atoms with Crippen LogP contribution in [0.3, 0.4) is 0 Å². The molecule has 0 atom stereocenters. The Morgan fingerprint density at radius 2 is 0.632 bits per heavy atom. The zero-order chi connectivity index (χ0) is 45.7. The third-order valence-electron chi connectivity index (χ3n) is 12.6. The topological polar surface area (TPSA) is 47.9 Å². The number of hydrogen-bond donors (Lipinski definition) is 0. The lowest BCUT2D eigenvalue weighted by atomic mass is 9.85. The predicted molar refractivity (Wildman–Crippen MR) is 281 cm³/mol. The fourth-order valence-corrected chi connectivity index (χ4v) is 9.17. The second-order valence-electron chi connectivity index (χ2n) is 16.7. The second kappa shape index (κ2) is 18.9. The molecular weight excluding hydrogens is 827 g/mol. The molecule has 0 unspecified atom stereocenters. The highest BCUT2D eigenvalue weighted by atomic mass is 16.5. The van der Waals surface area contributed by atoms with Gasteiger partial charge < -0.3 is 4.74 Å². The molecule has 0 N–H and O–H groups in total. The molecule has 0 amide bonds. The van der Waals surface area contributed by atoms with Gasteiger partial charge in [0.15, 0.2) is 0 Å². The van der Waals surface area contributed by atoms with E-state index in [-0.39, 0.29) is 0 Å². The van der Waals surface area contributed by atoms with Crippen LogP contribution in [0.5, 0.6) is 5.75 Å². The number of ether oxygens (including phenoxy) is 1. The van der Waals surface area contributed by atoms with Gasteiger partial charge in [-0.1, -0.05) is 188 Å². The summed E-state index contributed by atoms with van der Waals surface area (Å²) in [5.74, 6) is 0.791. The molecule has 4 heteroatoms. The Morgan fingerprint density at radius 1 is 0.235 bits per heavy atom. The highest BCUT2D eigenvalue weighted by Gasteiger charge is 2.19. The van der Waals surface area contributed by atoms with E-state index < -0.39 is 0 Å². The molecule has 0 aliphatic carbocycles. The Labute approximate surface area is 397 Å². The van der Waals surface area contributed by atoms with Crippen LogP contribution < -0.4 is 4.74 Å². The van der Waals surface area contributed by atoms with Gasteiger partial charge in [-0.2, -0.15) is 0 Å². The smallest absolute Gasteiger partial charge is 0.119 e. The van der Waals surface area contributed by atoms with Crippen molar-refractivity contribution in [3.63, 3.8) is 0 Å². The number of methoxy groups -OCH3 is 1. The van der Waals surface area contributed by atoms with E-state index in [1.807, 2.05) is 73.2 Å². The van der Waals surface area contributed by atoms with Gasteiger partial charge in [-0.25, -0.2) is 0 Å². The fraction of sp³-hybridized carbons (Fsp3) is 0.0156. The molecule has 0 radical (unpaired) electrons. The number of aromatic nitrogens is 3. The van der Waals surface area contributed by atoms with Crippen LogP contribution in [0, 0.1) is 0 Å². The van der Waals surface area contributed by atoms with Gasteiger partial charge in [-0.3, -0.25) is 15.0 Å². The number of nitrogens with zero attached hydrogens (tertiary/aromatic N) is 3. The average molecular weight is 872 g/mol. The average Bonchev–Trinajstić information content (AvgIpc) is 3.43. The van der Waals surface area contributed by atoms with Crippen molar-refractivity contribution in [2.24, 2.45) is 0 Å². The van der Waals surface area contributed by atoms with E-state index in [1.165, 1.54) is 0 Å². The van der Waals surface area contributed by atoms with Crippen molar-refractivity contribution in [3.05, 3.63) is 255 Å². The standard InChI is InChI=1S/C64H45N3O/c1-68-53-25-17-24-47(39-53)64-40-60(44-18-5-2-6-19-44)61(43-67-64)59-31-16-15-30-58(59)52-37-50(56-28-13-11-26-54(56)48-32-34-62(65-41-48)45-20-7-3-8-21-45)36-51(38-52)57-29-14-12-27-55(57)49-33-35-63(66-42-49)46-22-9-4-10-23-46/h2-43H,1H3. The molecule has 11 aromatic rings. The third-order valence-corrected chi connectivity index (χ3v) is 12.6. The molecule has 0 saturated carbocycles. The molecule has 0 bridgehead atoms. The Morgan fingerprint density at radius 3 is 1.09 bits per heavy atom. The largest absolute Gasteiger partial charge is 0.497 e. The molecule has 3 aromatic heterocycles. The van der Waals surface area contributed by atoms with Gasteiger partial charge in [-0.15, -0.1) is 0 Å². The zero-order valence-corrected chi connectivity index (χ0v) is 37.5. The van der Waals surface area contributed by atoms with Gasteiger partial charge >= 0.3 is 0 Å². The molecular formula is C64H45N3O. The van der Waals surface area contributed by atoms with Gasteiger partial charge in [0, 0.05) is 52.0 Å². The SMILES string of the molecule is COc1cccc(-c2cc(-c3ccccc3)c(-c3ccccc3-c3cc(-c4ccccc4-c4ccc(-c5ccccc5)nc4)cc(-c4ccccc4-c4ccc(-c5ccccc5)nc4)c3)cn2)c1. The minimum atomic E-state index is 0.791. The van der Waals surface area contributed by atoms with Crippen molar-refractivity contribution in [2.45, 2.75) is 0 Å².